The third-order valence-electron chi connectivity index (χ3n) is 3.75. The predicted octanol–water partition coefficient (Wildman–Crippen LogP) is 2.42. The molecule has 0 saturated heterocycles. The molecule has 104 valence electrons. The number of anilines is 1. The van der Waals surface area contributed by atoms with Gasteiger partial charge in [0.05, 0.1) is 11.3 Å². The Labute approximate surface area is 112 Å². The normalized spacial score (nSPS) is 22.9. The van der Waals surface area contributed by atoms with E-state index in [1.54, 1.807) is 6.07 Å². The van der Waals surface area contributed by atoms with Crippen molar-refractivity contribution in [2.75, 3.05) is 5.43 Å². The molecule has 0 aromatic heterocycles. The average Bonchev–Trinajstić information content (AvgIpc) is 2.41. The van der Waals surface area contributed by atoms with Crippen molar-refractivity contribution in [3.05, 3.63) is 29.6 Å². The van der Waals surface area contributed by atoms with Gasteiger partial charge in [0, 0.05) is 6.04 Å². The Bertz CT molecular complexity index is 456. The van der Waals surface area contributed by atoms with Crippen molar-refractivity contribution in [1.29, 1.82) is 0 Å². The highest BCUT2D eigenvalue weighted by molar-refractivity contribution is 5.99. The number of hydrogen-bond acceptors (Lipinski definition) is 3. The molecule has 0 unspecified atom stereocenters. The zero-order valence-corrected chi connectivity index (χ0v) is 11.1. The fourth-order valence-electron chi connectivity index (χ4n) is 2.53. The number of para-hydroxylation sites is 1. The monoisotopic (exact) mass is 265 g/mol. The molecule has 0 spiro atoms. The second-order valence-corrected chi connectivity index (χ2v) is 5.24. The van der Waals surface area contributed by atoms with Crippen LogP contribution < -0.4 is 16.6 Å². The van der Waals surface area contributed by atoms with Crippen LogP contribution in [0.3, 0.4) is 0 Å². The number of benzene rings is 1. The quantitative estimate of drug-likeness (QED) is 0.581. The molecule has 1 fully saturated rings. The van der Waals surface area contributed by atoms with Gasteiger partial charge < -0.3 is 10.7 Å². The summed E-state index contributed by atoms with van der Waals surface area (Å²) in [5.41, 5.74) is 2.55. The molecule has 0 aliphatic heterocycles. The summed E-state index contributed by atoms with van der Waals surface area (Å²) in [5, 5.41) is 2.96. The zero-order chi connectivity index (χ0) is 13.8. The van der Waals surface area contributed by atoms with Gasteiger partial charge in [-0.05, 0) is 43.7 Å². The van der Waals surface area contributed by atoms with Gasteiger partial charge in [0.1, 0.15) is 5.82 Å². The van der Waals surface area contributed by atoms with Crippen LogP contribution in [0, 0.1) is 11.7 Å². The van der Waals surface area contributed by atoms with Crippen molar-refractivity contribution in [3.63, 3.8) is 0 Å². The molecular weight excluding hydrogens is 245 g/mol. The Kier molecular flexibility index (Phi) is 4.37. The maximum Gasteiger partial charge on any atom is 0.253 e. The molecule has 2 rings (SSSR count). The minimum atomic E-state index is -0.521. The van der Waals surface area contributed by atoms with Crippen LogP contribution in [0.15, 0.2) is 18.2 Å². The fraction of sp³-hybridized carbons (Fsp3) is 0.500. The highest BCUT2D eigenvalue weighted by Crippen LogP contribution is 2.24. The number of halogens is 1. The van der Waals surface area contributed by atoms with E-state index in [9.17, 15) is 9.18 Å². The van der Waals surface area contributed by atoms with E-state index in [0.29, 0.717) is 0 Å². The number of rotatable bonds is 3. The van der Waals surface area contributed by atoms with Gasteiger partial charge in [0.15, 0.2) is 0 Å². The van der Waals surface area contributed by atoms with Gasteiger partial charge in [-0.15, -0.1) is 0 Å². The van der Waals surface area contributed by atoms with Crippen LogP contribution in [0.25, 0.3) is 0 Å². The molecule has 0 heterocycles. The molecule has 0 atom stereocenters. The minimum absolute atomic E-state index is 0.0455. The molecule has 19 heavy (non-hydrogen) atoms. The van der Waals surface area contributed by atoms with E-state index in [2.05, 4.69) is 17.7 Å². The minimum Gasteiger partial charge on any atom is -0.349 e. The van der Waals surface area contributed by atoms with Gasteiger partial charge in [-0.1, -0.05) is 13.0 Å². The van der Waals surface area contributed by atoms with E-state index in [-0.39, 0.29) is 23.2 Å². The van der Waals surface area contributed by atoms with Crippen molar-refractivity contribution in [1.82, 2.24) is 5.32 Å². The first-order chi connectivity index (χ1) is 9.11. The standard InChI is InChI=1S/C14H20FN3O/c1-9-5-7-10(8-6-9)17-14(19)11-3-2-4-12(15)13(11)18-16/h2-4,9-10,18H,5-8,16H2,1H3,(H,17,19). The number of nitrogens with one attached hydrogen (secondary N) is 2. The van der Waals surface area contributed by atoms with E-state index >= 15 is 0 Å². The molecular formula is C14H20FN3O. The van der Waals surface area contributed by atoms with Crippen LogP contribution in [-0.2, 0) is 0 Å². The number of carbonyl (C=O) groups is 1. The summed E-state index contributed by atoms with van der Waals surface area (Å²) in [5.74, 6) is 5.20. The second kappa shape index (κ2) is 6.02. The molecule has 4 nitrogen and oxygen atoms in total. The number of nitrogens with two attached hydrogens (primary N) is 1. The highest BCUT2D eigenvalue weighted by Gasteiger charge is 2.22. The number of hydrogen-bond donors (Lipinski definition) is 3. The third-order valence-corrected chi connectivity index (χ3v) is 3.75. The first kappa shape index (κ1) is 13.8. The predicted molar refractivity (Wildman–Crippen MR) is 73.1 cm³/mol. The SMILES string of the molecule is CC1CCC(NC(=O)c2cccc(F)c2NN)CC1. The molecule has 0 radical (unpaired) electrons. The molecule has 1 aromatic rings. The van der Waals surface area contributed by atoms with Gasteiger partial charge in [-0.3, -0.25) is 10.6 Å². The summed E-state index contributed by atoms with van der Waals surface area (Å²) >= 11 is 0. The summed E-state index contributed by atoms with van der Waals surface area (Å²) in [6, 6.07) is 4.53. The molecule has 1 aromatic carbocycles. The second-order valence-electron chi connectivity index (χ2n) is 5.24. The van der Waals surface area contributed by atoms with Gasteiger partial charge in [0.2, 0.25) is 0 Å². The van der Waals surface area contributed by atoms with Crippen molar-refractivity contribution in [2.24, 2.45) is 11.8 Å². The summed E-state index contributed by atoms with van der Waals surface area (Å²) in [6.45, 7) is 2.22. The molecule has 5 heteroatoms. The summed E-state index contributed by atoms with van der Waals surface area (Å²) in [6.07, 6.45) is 4.20. The first-order valence-electron chi connectivity index (χ1n) is 6.67. The molecule has 1 aliphatic rings. The van der Waals surface area contributed by atoms with Crippen molar-refractivity contribution in [3.8, 4) is 0 Å². The Hall–Kier alpha value is -1.62. The van der Waals surface area contributed by atoms with Crippen LogP contribution in [-0.4, -0.2) is 11.9 Å². The van der Waals surface area contributed by atoms with Crippen LogP contribution in [0.4, 0.5) is 10.1 Å². The first-order valence-corrected chi connectivity index (χ1v) is 6.67. The lowest BCUT2D eigenvalue weighted by Gasteiger charge is -2.27. The van der Waals surface area contributed by atoms with Crippen molar-refractivity contribution < 1.29 is 9.18 Å². The van der Waals surface area contributed by atoms with Gasteiger partial charge in [-0.25, -0.2) is 4.39 Å². The van der Waals surface area contributed by atoms with Gasteiger partial charge >= 0.3 is 0 Å². The smallest absolute Gasteiger partial charge is 0.253 e. The Morgan fingerprint density at radius 2 is 2.00 bits per heavy atom. The molecule has 1 saturated carbocycles. The number of carbonyl (C=O) groups excluding carboxylic acids is 1. The Morgan fingerprint density at radius 1 is 1.32 bits per heavy atom. The fourth-order valence-corrected chi connectivity index (χ4v) is 2.53. The lowest BCUT2D eigenvalue weighted by molar-refractivity contribution is 0.0923. The van der Waals surface area contributed by atoms with Gasteiger partial charge in [0.25, 0.3) is 5.91 Å². The maximum absolute atomic E-state index is 13.5. The molecule has 0 bridgehead atoms. The molecule has 4 N–H and O–H groups in total. The molecule has 1 aliphatic carbocycles. The van der Waals surface area contributed by atoms with E-state index in [0.717, 1.165) is 31.6 Å². The zero-order valence-electron chi connectivity index (χ0n) is 11.1. The van der Waals surface area contributed by atoms with Gasteiger partial charge in [-0.2, -0.15) is 0 Å². The Balaban J connectivity index is 2.06. The van der Waals surface area contributed by atoms with Crippen LogP contribution in [0.2, 0.25) is 0 Å². The number of amides is 1. The molecule has 1 amide bonds. The summed E-state index contributed by atoms with van der Waals surface area (Å²) in [7, 11) is 0. The lowest BCUT2D eigenvalue weighted by atomic mass is 9.87. The van der Waals surface area contributed by atoms with E-state index in [1.807, 2.05) is 0 Å². The van der Waals surface area contributed by atoms with E-state index in [4.69, 9.17) is 5.84 Å². The largest absolute Gasteiger partial charge is 0.349 e. The van der Waals surface area contributed by atoms with Crippen molar-refractivity contribution >= 4 is 11.6 Å². The third kappa shape index (κ3) is 3.23. The lowest BCUT2D eigenvalue weighted by Crippen LogP contribution is -2.37. The van der Waals surface area contributed by atoms with E-state index in [1.165, 1.54) is 12.1 Å². The summed E-state index contributed by atoms with van der Waals surface area (Å²) < 4.78 is 13.5. The number of nitrogen functional groups attached to an aromatic ring is 1. The number of hydrazine groups is 1. The van der Waals surface area contributed by atoms with Crippen LogP contribution in [0.1, 0.15) is 43.0 Å². The topological polar surface area (TPSA) is 67.2 Å². The average molecular weight is 265 g/mol. The van der Waals surface area contributed by atoms with Crippen LogP contribution >= 0.6 is 0 Å². The van der Waals surface area contributed by atoms with Crippen molar-refractivity contribution in [2.45, 2.75) is 38.6 Å². The maximum atomic E-state index is 13.5. The van der Waals surface area contributed by atoms with Crippen LogP contribution in [0.5, 0.6) is 0 Å². The summed E-state index contributed by atoms with van der Waals surface area (Å²) in [4.78, 5) is 12.2. The van der Waals surface area contributed by atoms with E-state index < -0.39 is 5.82 Å². The highest BCUT2D eigenvalue weighted by atomic mass is 19.1. The Morgan fingerprint density at radius 3 is 2.63 bits per heavy atom.